The number of carboxylic acids is 1. The van der Waals surface area contributed by atoms with Crippen LogP contribution in [-0.2, 0) is 4.79 Å². The summed E-state index contributed by atoms with van der Waals surface area (Å²) >= 11 is 1.36. The Hall–Kier alpha value is -1.83. The van der Waals surface area contributed by atoms with E-state index in [-0.39, 0.29) is 17.4 Å². The number of carboxylic acid groups (broad SMARTS) is 1. The van der Waals surface area contributed by atoms with Crippen LogP contribution in [0.3, 0.4) is 0 Å². The number of nitrogens with one attached hydrogen (secondary N) is 1. The summed E-state index contributed by atoms with van der Waals surface area (Å²) in [5.74, 6) is -0.0784. The molecular weight excluding hydrogens is 294 g/mol. The SMILES string of the molecule is Cc1nc(C2CC2)[nH]c(=O)c1C(=O)N1CSC[C@H]1C(=O)O. The van der Waals surface area contributed by atoms with Gasteiger partial charge in [-0.15, -0.1) is 11.8 Å². The molecule has 1 aromatic heterocycles. The van der Waals surface area contributed by atoms with Crippen molar-refractivity contribution in [3.05, 3.63) is 27.4 Å². The van der Waals surface area contributed by atoms with Crippen molar-refractivity contribution in [1.82, 2.24) is 14.9 Å². The molecule has 0 spiro atoms. The van der Waals surface area contributed by atoms with Gasteiger partial charge in [0, 0.05) is 11.7 Å². The van der Waals surface area contributed by atoms with Gasteiger partial charge in [0.15, 0.2) is 0 Å². The summed E-state index contributed by atoms with van der Waals surface area (Å²) < 4.78 is 0. The van der Waals surface area contributed by atoms with E-state index < -0.39 is 23.5 Å². The number of aromatic amines is 1. The van der Waals surface area contributed by atoms with E-state index in [4.69, 9.17) is 5.11 Å². The molecule has 1 amide bonds. The minimum atomic E-state index is -1.05. The van der Waals surface area contributed by atoms with Crippen molar-refractivity contribution >= 4 is 23.6 Å². The molecule has 2 N–H and O–H groups in total. The summed E-state index contributed by atoms with van der Waals surface area (Å²) in [5.41, 5.74) is -0.157. The van der Waals surface area contributed by atoms with E-state index in [1.165, 1.54) is 16.7 Å². The fraction of sp³-hybridized carbons (Fsp3) is 0.538. The molecule has 2 aliphatic rings. The van der Waals surface area contributed by atoms with Crippen LogP contribution < -0.4 is 5.56 Å². The van der Waals surface area contributed by atoms with Gasteiger partial charge in [-0.05, 0) is 19.8 Å². The number of H-pyrrole nitrogens is 1. The number of carbonyl (C=O) groups excluding carboxylic acids is 1. The molecular formula is C13H15N3O4S. The minimum Gasteiger partial charge on any atom is -0.480 e. The van der Waals surface area contributed by atoms with E-state index in [2.05, 4.69) is 9.97 Å². The maximum Gasteiger partial charge on any atom is 0.327 e. The van der Waals surface area contributed by atoms with Crippen molar-refractivity contribution in [3.63, 3.8) is 0 Å². The van der Waals surface area contributed by atoms with Crippen LogP contribution in [0.2, 0.25) is 0 Å². The lowest BCUT2D eigenvalue weighted by atomic mass is 10.1. The second kappa shape index (κ2) is 5.18. The molecule has 1 saturated heterocycles. The molecule has 21 heavy (non-hydrogen) atoms. The topological polar surface area (TPSA) is 103 Å². The molecule has 1 aromatic rings. The zero-order valence-corrected chi connectivity index (χ0v) is 12.3. The van der Waals surface area contributed by atoms with Crippen LogP contribution in [0.15, 0.2) is 4.79 Å². The molecule has 0 aromatic carbocycles. The molecule has 2 fully saturated rings. The number of nitrogens with zero attached hydrogens (tertiary/aromatic N) is 2. The fourth-order valence-electron chi connectivity index (χ4n) is 2.40. The Balaban J connectivity index is 1.94. The van der Waals surface area contributed by atoms with Gasteiger partial charge in [-0.1, -0.05) is 0 Å². The molecule has 112 valence electrons. The molecule has 8 heteroatoms. The van der Waals surface area contributed by atoms with Crippen molar-refractivity contribution < 1.29 is 14.7 Å². The number of hydrogen-bond donors (Lipinski definition) is 2. The minimum absolute atomic E-state index is 0.0480. The molecule has 1 aliphatic carbocycles. The molecule has 3 rings (SSSR count). The van der Waals surface area contributed by atoms with E-state index in [9.17, 15) is 14.4 Å². The molecule has 1 aliphatic heterocycles. The van der Waals surface area contributed by atoms with E-state index >= 15 is 0 Å². The highest BCUT2D eigenvalue weighted by Crippen LogP contribution is 2.37. The Labute approximate surface area is 124 Å². The molecule has 0 unspecified atom stereocenters. The average molecular weight is 309 g/mol. The van der Waals surface area contributed by atoms with Gasteiger partial charge in [0.2, 0.25) is 0 Å². The number of carbonyl (C=O) groups is 2. The smallest absolute Gasteiger partial charge is 0.327 e. The third-order valence-electron chi connectivity index (χ3n) is 3.72. The first-order chi connectivity index (χ1) is 9.99. The molecule has 7 nitrogen and oxygen atoms in total. The van der Waals surface area contributed by atoms with Gasteiger partial charge in [-0.3, -0.25) is 9.59 Å². The molecule has 2 heterocycles. The van der Waals surface area contributed by atoms with Gasteiger partial charge in [-0.2, -0.15) is 0 Å². The Morgan fingerprint density at radius 3 is 2.71 bits per heavy atom. The summed E-state index contributed by atoms with van der Waals surface area (Å²) in [6, 6.07) is -0.885. The Morgan fingerprint density at radius 1 is 1.43 bits per heavy atom. The highest BCUT2D eigenvalue weighted by molar-refractivity contribution is 7.99. The van der Waals surface area contributed by atoms with E-state index in [0.29, 0.717) is 17.3 Å². The van der Waals surface area contributed by atoms with E-state index in [1.807, 2.05) is 0 Å². The third-order valence-corrected chi connectivity index (χ3v) is 4.74. The summed E-state index contributed by atoms with van der Waals surface area (Å²) in [7, 11) is 0. The van der Waals surface area contributed by atoms with Crippen LogP contribution in [0.25, 0.3) is 0 Å². The highest BCUT2D eigenvalue weighted by Gasteiger charge is 2.37. The van der Waals surface area contributed by atoms with Crippen molar-refractivity contribution in [2.45, 2.75) is 31.7 Å². The van der Waals surface area contributed by atoms with Gasteiger partial charge in [0.05, 0.1) is 11.6 Å². The number of aliphatic carboxylic acids is 1. The Bertz CT molecular complexity index is 668. The summed E-state index contributed by atoms with van der Waals surface area (Å²) in [5, 5.41) is 9.13. The zero-order valence-electron chi connectivity index (χ0n) is 11.5. The molecule has 1 atom stereocenters. The lowest BCUT2D eigenvalue weighted by molar-refractivity contribution is -0.140. The Kier molecular flexibility index (Phi) is 3.48. The van der Waals surface area contributed by atoms with Gasteiger partial charge < -0.3 is 15.0 Å². The highest BCUT2D eigenvalue weighted by atomic mass is 32.2. The maximum absolute atomic E-state index is 12.5. The Morgan fingerprint density at radius 2 is 2.14 bits per heavy atom. The van der Waals surface area contributed by atoms with Crippen LogP contribution in [-0.4, -0.2) is 49.5 Å². The second-order valence-corrected chi connectivity index (χ2v) is 6.31. The lowest BCUT2D eigenvalue weighted by Gasteiger charge is -2.20. The normalized spacial score (nSPS) is 21.6. The van der Waals surface area contributed by atoms with Crippen molar-refractivity contribution in [2.75, 3.05) is 11.6 Å². The van der Waals surface area contributed by atoms with Gasteiger partial charge in [-0.25, -0.2) is 9.78 Å². The van der Waals surface area contributed by atoms with Crippen molar-refractivity contribution in [1.29, 1.82) is 0 Å². The number of rotatable bonds is 3. The van der Waals surface area contributed by atoms with Gasteiger partial charge in [0.1, 0.15) is 17.4 Å². The largest absolute Gasteiger partial charge is 0.480 e. The number of hydrogen-bond acceptors (Lipinski definition) is 5. The predicted molar refractivity (Wildman–Crippen MR) is 76.5 cm³/mol. The standard InChI is InChI=1S/C13H15N3O4S/c1-6-9(11(17)15-10(14-6)7-2-3-7)12(18)16-5-21-4-8(16)13(19)20/h7-8H,2-5H2,1H3,(H,19,20)(H,14,15,17)/t8-/m0/s1. The monoisotopic (exact) mass is 309 g/mol. The van der Waals surface area contributed by atoms with Crippen LogP contribution in [0.5, 0.6) is 0 Å². The molecule has 1 saturated carbocycles. The van der Waals surface area contributed by atoms with Crippen LogP contribution in [0, 0.1) is 6.92 Å². The summed E-state index contributed by atoms with van der Waals surface area (Å²) in [6.45, 7) is 1.62. The lowest BCUT2D eigenvalue weighted by Crippen LogP contribution is -2.44. The fourth-order valence-corrected chi connectivity index (χ4v) is 3.55. The predicted octanol–water partition coefficient (Wildman–Crippen LogP) is 0.555. The summed E-state index contributed by atoms with van der Waals surface area (Å²) in [4.78, 5) is 44.0. The number of aromatic nitrogens is 2. The van der Waals surface area contributed by atoms with E-state index in [1.54, 1.807) is 6.92 Å². The number of thioether (sulfide) groups is 1. The quantitative estimate of drug-likeness (QED) is 0.845. The van der Waals surface area contributed by atoms with Crippen LogP contribution >= 0.6 is 11.8 Å². The average Bonchev–Trinajstić information content (AvgIpc) is 3.14. The van der Waals surface area contributed by atoms with Crippen molar-refractivity contribution in [3.8, 4) is 0 Å². The summed E-state index contributed by atoms with van der Waals surface area (Å²) in [6.07, 6.45) is 2.00. The van der Waals surface area contributed by atoms with Crippen molar-refractivity contribution in [2.24, 2.45) is 0 Å². The number of amides is 1. The van der Waals surface area contributed by atoms with Crippen LogP contribution in [0.4, 0.5) is 0 Å². The van der Waals surface area contributed by atoms with Gasteiger partial charge >= 0.3 is 5.97 Å². The molecule has 0 bridgehead atoms. The first kappa shape index (κ1) is 14.1. The number of aryl methyl sites for hydroxylation is 1. The van der Waals surface area contributed by atoms with E-state index in [0.717, 1.165) is 12.8 Å². The third kappa shape index (κ3) is 2.55. The first-order valence-electron chi connectivity index (χ1n) is 6.71. The van der Waals surface area contributed by atoms with Crippen LogP contribution in [0.1, 0.15) is 40.6 Å². The second-order valence-electron chi connectivity index (χ2n) is 5.31. The zero-order chi connectivity index (χ0) is 15.1. The van der Waals surface area contributed by atoms with Gasteiger partial charge in [0.25, 0.3) is 11.5 Å². The maximum atomic E-state index is 12.5. The molecule has 0 radical (unpaired) electrons. The first-order valence-corrected chi connectivity index (χ1v) is 7.87.